The Labute approximate surface area is 136 Å². The molecular weight excluding hydrogens is 290 g/mol. The number of nitrogens with one attached hydrogen (secondary N) is 1. The minimum Gasteiger partial charge on any atom is -0.484 e. The summed E-state index contributed by atoms with van der Waals surface area (Å²) in [7, 11) is 0. The van der Waals surface area contributed by atoms with Gasteiger partial charge in [0.1, 0.15) is 11.6 Å². The van der Waals surface area contributed by atoms with E-state index in [0.717, 1.165) is 5.56 Å². The average molecular weight is 313 g/mol. The van der Waals surface area contributed by atoms with Crippen LogP contribution in [0.5, 0.6) is 5.75 Å². The first-order chi connectivity index (χ1) is 11.0. The second kappa shape index (κ2) is 8.17. The number of carbonyl (C=O) groups excluding carboxylic acids is 1. The van der Waals surface area contributed by atoms with Gasteiger partial charge in [0.2, 0.25) is 0 Å². The SMILES string of the molecule is CC(C)c1ccc(OCC(=O)NCCc2ccnc(N)c2)cc1. The number of nitrogens with two attached hydrogens (primary N) is 1. The Morgan fingerprint density at radius 1 is 1.26 bits per heavy atom. The molecule has 3 N–H and O–H groups in total. The summed E-state index contributed by atoms with van der Waals surface area (Å²) in [6, 6.07) is 11.5. The number of nitrogens with zero attached hydrogens (tertiary/aromatic N) is 1. The number of rotatable bonds is 7. The van der Waals surface area contributed by atoms with E-state index in [0.29, 0.717) is 30.5 Å². The Balaban J connectivity index is 1.70. The van der Waals surface area contributed by atoms with Crippen LogP contribution in [0.25, 0.3) is 0 Å². The van der Waals surface area contributed by atoms with Crippen molar-refractivity contribution in [3.8, 4) is 5.75 Å². The van der Waals surface area contributed by atoms with Gasteiger partial charge < -0.3 is 15.8 Å². The monoisotopic (exact) mass is 313 g/mol. The van der Waals surface area contributed by atoms with Gasteiger partial charge in [-0.15, -0.1) is 0 Å². The molecular formula is C18H23N3O2. The minimum atomic E-state index is -0.139. The molecule has 0 atom stereocenters. The second-order valence-corrected chi connectivity index (χ2v) is 5.70. The smallest absolute Gasteiger partial charge is 0.257 e. The summed E-state index contributed by atoms with van der Waals surface area (Å²) in [5.74, 6) is 1.53. The van der Waals surface area contributed by atoms with Crippen molar-refractivity contribution in [1.29, 1.82) is 0 Å². The van der Waals surface area contributed by atoms with Crippen molar-refractivity contribution in [3.05, 3.63) is 53.7 Å². The number of pyridine rings is 1. The highest BCUT2D eigenvalue weighted by molar-refractivity contribution is 5.77. The maximum atomic E-state index is 11.8. The maximum Gasteiger partial charge on any atom is 0.257 e. The molecule has 2 rings (SSSR count). The number of benzene rings is 1. The Hall–Kier alpha value is -2.56. The summed E-state index contributed by atoms with van der Waals surface area (Å²) in [5, 5.41) is 2.83. The molecule has 5 heteroatoms. The first kappa shape index (κ1) is 16.8. The van der Waals surface area contributed by atoms with Crippen LogP contribution in [0, 0.1) is 0 Å². The molecule has 1 amide bonds. The third kappa shape index (κ3) is 5.62. The number of ether oxygens (including phenoxy) is 1. The molecule has 1 heterocycles. The van der Waals surface area contributed by atoms with Crippen LogP contribution < -0.4 is 15.8 Å². The Bertz CT molecular complexity index is 639. The lowest BCUT2D eigenvalue weighted by Crippen LogP contribution is -2.30. The summed E-state index contributed by atoms with van der Waals surface area (Å²) >= 11 is 0. The van der Waals surface area contributed by atoms with Gasteiger partial charge in [-0.3, -0.25) is 4.79 Å². The molecule has 2 aromatic rings. The molecule has 0 aliphatic heterocycles. The first-order valence-corrected chi connectivity index (χ1v) is 7.74. The molecule has 0 spiro atoms. The molecule has 23 heavy (non-hydrogen) atoms. The zero-order valence-electron chi connectivity index (χ0n) is 13.6. The van der Waals surface area contributed by atoms with Crippen molar-refractivity contribution in [2.45, 2.75) is 26.2 Å². The Morgan fingerprint density at radius 3 is 2.65 bits per heavy atom. The first-order valence-electron chi connectivity index (χ1n) is 7.74. The third-order valence-electron chi connectivity index (χ3n) is 3.50. The maximum absolute atomic E-state index is 11.8. The fourth-order valence-electron chi connectivity index (χ4n) is 2.15. The van der Waals surface area contributed by atoms with Crippen LogP contribution in [0.1, 0.15) is 30.9 Å². The van der Waals surface area contributed by atoms with Gasteiger partial charge >= 0.3 is 0 Å². The molecule has 0 fully saturated rings. The van der Waals surface area contributed by atoms with Crippen molar-refractivity contribution in [2.75, 3.05) is 18.9 Å². The number of hydrogen-bond acceptors (Lipinski definition) is 4. The zero-order valence-corrected chi connectivity index (χ0v) is 13.6. The molecule has 0 aliphatic rings. The van der Waals surface area contributed by atoms with Crippen LogP contribution >= 0.6 is 0 Å². The quantitative estimate of drug-likeness (QED) is 0.823. The van der Waals surface area contributed by atoms with Crippen molar-refractivity contribution >= 4 is 11.7 Å². The van der Waals surface area contributed by atoms with Crippen LogP contribution in [-0.4, -0.2) is 24.0 Å². The molecule has 5 nitrogen and oxygen atoms in total. The van der Waals surface area contributed by atoms with Crippen molar-refractivity contribution < 1.29 is 9.53 Å². The van der Waals surface area contributed by atoms with Gasteiger partial charge in [0.15, 0.2) is 6.61 Å². The molecule has 0 saturated carbocycles. The van der Waals surface area contributed by atoms with E-state index < -0.39 is 0 Å². The van der Waals surface area contributed by atoms with Crippen LogP contribution in [0.3, 0.4) is 0 Å². The van der Waals surface area contributed by atoms with Crippen molar-refractivity contribution in [1.82, 2.24) is 10.3 Å². The van der Waals surface area contributed by atoms with Crippen LogP contribution in [0.4, 0.5) is 5.82 Å². The molecule has 0 unspecified atom stereocenters. The molecule has 122 valence electrons. The average Bonchev–Trinajstić information content (AvgIpc) is 2.53. The van der Waals surface area contributed by atoms with Crippen LogP contribution in [-0.2, 0) is 11.2 Å². The lowest BCUT2D eigenvalue weighted by molar-refractivity contribution is -0.123. The van der Waals surface area contributed by atoms with E-state index in [1.165, 1.54) is 5.56 Å². The summed E-state index contributed by atoms with van der Waals surface area (Å²) in [6.07, 6.45) is 2.37. The van der Waals surface area contributed by atoms with Gasteiger partial charge in [-0.2, -0.15) is 0 Å². The normalized spacial score (nSPS) is 10.6. The van der Waals surface area contributed by atoms with Crippen molar-refractivity contribution in [3.63, 3.8) is 0 Å². The minimum absolute atomic E-state index is 0.0134. The number of amides is 1. The lowest BCUT2D eigenvalue weighted by Gasteiger charge is -2.09. The summed E-state index contributed by atoms with van der Waals surface area (Å²) in [6.45, 7) is 4.83. The third-order valence-corrected chi connectivity index (χ3v) is 3.50. The highest BCUT2D eigenvalue weighted by Gasteiger charge is 2.04. The molecule has 1 aromatic heterocycles. The number of carbonyl (C=O) groups is 1. The topological polar surface area (TPSA) is 77.2 Å². The van der Waals surface area contributed by atoms with E-state index in [1.54, 1.807) is 12.3 Å². The Morgan fingerprint density at radius 2 is 2.00 bits per heavy atom. The van der Waals surface area contributed by atoms with Crippen molar-refractivity contribution in [2.24, 2.45) is 0 Å². The van der Waals surface area contributed by atoms with E-state index in [-0.39, 0.29) is 12.5 Å². The standard InChI is InChI=1S/C18H23N3O2/c1-13(2)15-3-5-16(6-4-15)23-12-18(22)21-10-8-14-7-9-20-17(19)11-14/h3-7,9,11,13H,8,10,12H2,1-2H3,(H2,19,20)(H,21,22). The molecule has 0 bridgehead atoms. The van der Waals surface area contributed by atoms with Gasteiger partial charge in [-0.05, 0) is 47.7 Å². The van der Waals surface area contributed by atoms with E-state index >= 15 is 0 Å². The number of hydrogen-bond donors (Lipinski definition) is 2. The van der Waals surface area contributed by atoms with Crippen LogP contribution in [0.2, 0.25) is 0 Å². The lowest BCUT2D eigenvalue weighted by atomic mass is 10.0. The number of anilines is 1. The van der Waals surface area contributed by atoms with E-state index in [9.17, 15) is 4.79 Å². The highest BCUT2D eigenvalue weighted by Crippen LogP contribution is 2.18. The summed E-state index contributed by atoms with van der Waals surface area (Å²) < 4.78 is 5.48. The fourth-order valence-corrected chi connectivity index (χ4v) is 2.15. The summed E-state index contributed by atoms with van der Waals surface area (Å²) in [5.41, 5.74) is 7.91. The zero-order chi connectivity index (χ0) is 16.7. The van der Waals surface area contributed by atoms with Gasteiger partial charge in [-0.1, -0.05) is 26.0 Å². The van der Waals surface area contributed by atoms with E-state index in [2.05, 4.69) is 24.1 Å². The number of aromatic nitrogens is 1. The van der Waals surface area contributed by atoms with Gasteiger partial charge in [0.05, 0.1) is 0 Å². The van der Waals surface area contributed by atoms with E-state index in [4.69, 9.17) is 10.5 Å². The Kier molecular flexibility index (Phi) is 5.97. The molecule has 1 aromatic carbocycles. The second-order valence-electron chi connectivity index (χ2n) is 5.70. The highest BCUT2D eigenvalue weighted by atomic mass is 16.5. The summed E-state index contributed by atoms with van der Waals surface area (Å²) in [4.78, 5) is 15.7. The predicted molar refractivity (Wildman–Crippen MR) is 91.4 cm³/mol. The molecule has 0 saturated heterocycles. The molecule has 0 aliphatic carbocycles. The number of nitrogen functional groups attached to an aromatic ring is 1. The van der Waals surface area contributed by atoms with Gasteiger partial charge in [0, 0.05) is 12.7 Å². The van der Waals surface area contributed by atoms with Crippen LogP contribution in [0.15, 0.2) is 42.6 Å². The molecule has 0 radical (unpaired) electrons. The largest absolute Gasteiger partial charge is 0.484 e. The van der Waals surface area contributed by atoms with E-state index in [1.807, 2.05) is 30.3 Å². The van der Waals surface area contributed by atoms with Gasteiger partial charge in [-0.25, -0.2) is 4.98 Å². The fraction of sp³-hybridized carbons (Fsp3) is 0.333. The predicted octanol–water partition coefficient (Wildman–Crippen LogP) is 2.52. The van der Waals surface area contributed by atoms with Gasteiger partial charge in [0.25, 0.3) is 5.91 Å².